The number of halogens is 3. The van der Waals surface area contributed by atoms with Gasteiger partial charge in [-0.1, -0.05) is 25.1 Å². The molecule has 0 fully saturated rings. The van der Waals surface area contributed by atoms with Gasteiger partial charge in [0.15, 0.2) is 0 Å². The third-order valence-corrected chi connectivity index (χ3v) is 3.06. The van der Waals surface area contributed by atoms with Crippen molar-refractivity contribution in [2.24, 2.45) is 5.73 Å². The number of ether oxygens (including phenoxy) is 1. The van der Waals surface area contributed by atoms with Gasteiger partial charge in [-0.3, -0.25) is 0 Å². The van der Waals surface area contributed by atoms with E-state index in [2.05, 4.69) is 0 Å². The van der Waals surface area contributed by atoms with Gasteiger partial charge < -0.3 is 10.5 Å². The van der Waals surface area contributed by atoms with E-state index < -0.39 is 5.51 Å². The highest BCUT2D eigenvalue weighted by atomic mass is 32.2. The third kappa shape index (κ3) is 5.18. The second-order valence-electron chi connectivity index (χ2n) is 3.70. The van der Waals surface area contributed by atoms with Gasteiger partial charge in [0.05, 0.1) is 6.61 Å². The third-order valence-electron chi connectivity index (χ3n) is 2.36. The highest BCUT2D eigenvalue weighted by molar-refractivity contribution is 8.00. The maximum Gasteiger partial charge on any atom is 0.441 e. The van der Waals surface area contributed by atoms with Crippen molar-refractivity contribution >= 4 is 11.8 Å². The standard InChI is InChI=1S/C12H16F3NOS/c1-2-10(16)9-5-3-4-6-11(9)17-7-8-18-12(13,14)15/h3-6,10H,2,7-8,16H2,1H3. The van der Waals surface area contributed by atoms with Gasteiger partial charge >= 0.3 is 5.51 Å². The summed E-state index contributed by atoms with van der Waals surface area (Å²) in [7, 11) is 0. The second-order valence-corrected chi connectivity index (χ2v) is 4.86. The molecule has 0 saturated carbocycles. The van der Waals surface area contributed by atoms with E-state index >= 15 is 0 Å². The molecule has 0 aromatic heterocycles. The average molecular weight is 279 g/mol. The minimum Gasteiger partial charge on any atom is -0.492 e. The number of para-hydroxylation sites is 1. The van der Waals surface area contributed by atoms with Crippen LogP contribution in [-0.4, -0.2) is 17.9 Å². The smallest absolute Gasteiger partial charge is 0.441 e. The summed E-state index contributed by atoms with van der Waals surface area (Å²) in [4.78, 5) is 0. The molecule has 1 unspecified atom stereocenters. The average Bonchev–Trinajstić information content (AvgIpc) is 2.33. The van der Waals surface area contributed by atoms with E-state index in [1.54, 1.807) is 12.1 Å². The molecule has 1 atom stereocenters. The predicted octanol–water partition coefficient (Wildman–Crippen LogP) is 3.73. The van der Waals surface area contributed by atoms with Crippen molar-refractivity contribution in [3.8, 4) is 5.75 Å². The number of hydrogen-bond acceptors (Lipinski definition) is 3. The Morgan fingerprint density at radius 1 is 1.33 bits per heavy atom. The Balaban J connectivity index is 2.52. The first-order valence-corrected chi connectivity index (χ1v) is 6.60. The van der Waals surface area contributed by atoms with E-state index in [-0.39, 0.29) is 30.2 Å². The molecule has 0 aliphatic rings. The molecule has 2 nitrogen and oxygen atoms in total. The summed E-state index contributed by atoms with van der Waals surface area (Å²) < 4.78 is 41.1. The van der Waals surface area contributed by atoms with Crippen LogP contribution in [0.15, 0.2) is 24.3 Å². The lowest BCUT2D eigenvalue weighted by molar-refractivity contribution is -0.0329. The Morgan fingerprint density at radius 3 is 2.61 bits per heavy atom. The Labute approximate surface area is 109 Å². The van der Waals surface area contributed by atoms with Crippen molar-refractivity contribution in [3.05, 3.63) is 29.8 Å². The first-order valence-electron chi connectivity index (χ1n) is 5.62. The van der Waals surface area contributed by atoms with Crippen LogP contribution in [0.5, 0.6) is 5.75 Å². The van der Waals surface area contributed by atoms with E-state index in [1.165, 1.54) is 0 Å². The SMILES string of the molecule is CCC(N)c1ccccc1OCCSC(F)(F)F. The summed E-state index contributed by atoms with van der Waals surface area (Å²) in [5, 5.41) is 0. The molecule has 0 amide bonds. The summed E-state index contributed by atoms with van der Waals surface area (Å²) in [5.74, 6) is 0.439. The van der Waals surface area contributed by atoms with Gasteiger partial charge in [-0.2, -0.15) is 13.2 Å². The van der Waals surface area contributed by atoms with Crippen LogP contribution in [0.4, 0.5) is 13.2 Å². The summed E-state index contributed by atoms with van der Waals surface area (Å²) in [6.07, 6.45) is 0.748. The van der Waals surface area contributed by atoms with Crippen LogP contribution < -0.4 is 10.5 Å². The van der Waals surface area contributed by atoms with Crippen LogP contribution in [0, 0.1) is 0 Å². The molecular weight excluding hydrogens is 263 g/mol. The quantitative estimate of drug-likeness (QED) is 0.806. The van der Waals surface area contributed by atoms with Gasteiger partial charge in [-0.05, 0) is 24.2 Å². The molecule has 102 valence electrons. The minimum absolute atomic E-state index is 0.0115. The van der Waals surface area contributed by atoms with Crippen molar-refractivity contribution in [2.45, 2.75) is 24.9 Å². The van der Waals surface area contributed by atoms with E-state index in [4.69, 9.17) is 10.5 Å². The molecule has 18 heavy (non-hydrogen) atoms. The largest absolute Gasteiger partial charge is 0.492 e. The molecule has 0 spiro atoms. The molecule has 0 bridgehead atoms. The number of nitrogens with two attached hydrogens (primary N) is 1. The number of rotatable bonds is 6. The fraction of sp³-hybridized carbons (Fsp3) is 0.500. The molecule has 0 saturated heterocycles. The van der Waals surface area contributed by atoms with Gasteiger partial charge in [0.2, 0.25) is 0 Å². The van der Waals surface area contributed by atoms with E-state index in [0.29, 0.717) is 5.75 Å². The van der Waals surface area contributed by atoms with E-state index in [1.807, 2.05) is 19.1 Å². The van der Waals surface area contributed by atoms with Gasteiger partial charge in [-0.25, -0.2) is 0 Å². The summed E-state index contributed by atoms with van der Waals surface area (Å²) in [5.41, 5.74) is 2.53. The minimum atomic E-state index is -4.21. The van der Waals surface area contributed by atoms with E-state index in [9.17, 15) is 13.2 Å². The van der Waals surface area contributed by atoms with Crippen molar-refractivity contribution in [3.63, 3.8) is 0 Å². The lowest BCUT2D eigenvalue weighted by atomic mass is 10.0. The molecule has 2 N–H and O–H groups in total. The summed E-state index contributed by atoms with van der Waals surface area (Å²) >= 11 is -0.0834. The highest BCUT2D eigenvalue weighted by Gasteiger charge is 2.27. The predicted molar refractivity (Wildman–Crippen MR) is 67.7 cm³/mol. The first kappa shape index (κ1) is 15.2. The topological polar surface area (TPSA) is 35.2 Å². The summed E-state index contributed by atoms with van der Waals surface area (Å²) in [6.45, 7) is 1.96. The number of benzene rings is 1. The second kappa shape index (κ2) is 6.89. The zero-order chi connectivity index (χ0) is 13.6. The van der Waals surface area contributed by atoms with Gasteiger partial charge in [0.25, 0.3) is 0 Å². The number of hydrogen-bond donors (Lipinski definition) is 1. The zero-order valence-corrected chi connectivity index (χ0v) is 10.9. The zero-order valence-electron chi connectivity index (χ0n) is 10.0. The molecule has 1 aromatic rings. The first-order chi connectivity index (χ1) is 8.44. The molecule has 0 heterocycles. The molecule has 0 aliphatic heterocycles. The molecule has 1 aromatic carbocycles. The molecule has 0 aliphatic carbocycles. The Morgan fingerprint density at radius 2 is 2.00 bits per heavy atom. The monoisotopic (exact) mass is 279 g/mol. The van der Waals surface area contributed by atoms with Crippen LogP contribution in [0.1, 0.15) is 24.9 Å². The van der Waals surface area contributed by atoms with Crippen LogP contribution in [0.2, 0.25) is 0 Å². The normalized spacial score (nSPS) is 13.4. The van der Waals surface area contributed by atoms with Crippen LogP contribution in [-0.2, 0) is 0 Å². The molecule has 1 rings (SSSR count). The summed E-state index contributed by atoms with van der Waals surface area (Å²) in [6, 6.07) is 7.01. The fourth-order valence-corrected chi connectivity index (χ4v) is 1.85. The van der Waals surface area contributed by atoms with Crippen molar-refractivity contribution < 1.29 is 17.9 Å². The fourth-order valence-electron chi connectivity index (χ4n) is 1.45. The van der Waals surface area contributed by atoms with E-state index in [0.717, 1.165) is 12.0 Å². The Kier molecular flexibility index (Phi) is 5.81. The van der Waals surface area contributed by atoms with Gasteiger partial charge in [-0.15, -0.1) is 0 Å². The van der Waals surface area contributed by atoms with Crippen LogP contribution in [0.3, 0.4) is 0 Å². The van der Waals surface area contributed by atoms with Crippen molar-refractivity contribution in [2.75, 3.05) is 12.4 Å². The number of alkyl halides is 3. The Bertz CT molecular complexity index is 371. The van der Waals surface area contributed by atoms with Crippen LogP contribution >= 0.6 is 11.8 Å². The van der Waals surface area contributed by atoms with Gasteiger partial charge in [0.1, 0.15) is 5.75 Å². The highest BCUT2D eigenvalue weighted by Crippen LogP contribution is 2.30. The maximum absolute atomic E-state index is 11.9. The maximum atomic E-state index is 11.9. The Hall–Kier alpha value is -0.880. The van der Waals surface area contributed by atoms with Crippen molar-refractivity contribution in [1.82, 2.24) is 0 Å². The van der Waals surface area contributed by atoms with Crippen molar-refractivity contribution in [1.29, 1.82) is 0 Å². The molecule has 6 heteroatoms. The van der Waals surface area contributed by atoms with Gasteiger partial charge in [0, 0.05) is 17.4 Å². The molecule has 0 radical (unpaired) electrons. The lowest BCUT2D eigenvalue weighted by Crippen LogP contribution is -2.12. The molecular formula is C12H16F3NOS. The lowest BCUT2D eigenvalue weighted by Gasteiger charge is -2.15. The van der Waals surface area contributed by atoms with Crippen LogP contribution in [0.25, 0.3) is 0 Å². The number of thioether (sulfide) groups is 1.